The Morgan fingerprint density at radius 1 is 1.30 bits per heavy atom. The van der Waals surface area contributed by atoms with Gasteiger partial charge in [-0.15, -0.1) is 0 Å². The molecule has 0 unspecified atom stereocenters. The molecule has 1 aliphatic rings. The molecule has 1 atom stereocenters. The summed E-state index contributed by atoms with van der Waals surface area (Å²) in [6, 6.07) is 11.5. The number of aryl methyl sites for hydroxylation is 1. The van der Waals surface area contributed by atoms with Gasteiger partial charge in [0.1, 0.15) is 11.2 Å². The van der Waals surface area contributed by atoms with Crippen molar-refractivity contribution >= 4 is 40.1 Å². The number of carbonyl (C=O) groups is 2. The number of pyridine rings is 1. The first-order valence-electron chi connectivity index (χ1n) is 10.0. The molecule has 0 spiro atoms. The van der Waals surface area contributed by atoms with E-state index >= 15 is 0 Å². The zero-order chi connectivity index (χ0) is 23.5. The molecule has 1 saturated heterocycles. The highest BCUT2D eigenvalue weighted by Crippen LogP contribution is 2.40. The number of nitrogens with one attached hydrogen (secondary N) is 2. The van der Waals surface area contributed by atoms with Gasteiger partial charge in [0.2, 0.25) is 0 Å². The van der Waals surface area contributed by atoms with E-state index in [0.29, 0.717) is 34.6 Å². The second-order valence-corrected chi connectivity index (χ2v) is 8.82. The number of aromatic nitrogens is 2. The van der Waals surface area contributed by atoms with Crippen LogP contribution in [0.2, 0.25) is 5.15 Å². The van der Waals surface area contributed by atoms with E-state index < -0.39 is 18.0 Å². The number of carboxylic acids is 1. The van der Waals surface area contributed by atoms with E-state index in [1.165, 1.54) is 16.2 Å². The normalized spacial score (nSPS) is 15.7. The third-order valence-corrected chi connectivity index (χ3v) is 6.26. The van der Waals surface area contributed by atoms with Gasteiger partial charge in [0.15, 0.2) is 5.13 Å². The zero-order valence-corrected chi connectivity index (χ0v) is 19.1. The average molecular weight is 483 g/mol. The number of nitrogens with zero attached hydrogens (tertiary/aromatic N) is 4. The Kier molecular flexibility index (Phi) is 6.55. The van der Waals surface area contributed by atoms with Gasteiger partial charge in [0, 0.05) is 30.9 Å². The first kappa shape index (κ1) is 22.7. The van der Waals surface area contributed by atoms with Crippen molar-refractivity contribution in [1.29, 1.82) is 5.26 Å². The number of urea groups is 1. The smallest absolute Gasteiger partial charge is 0.323 e. The van der Waals surface area contributed by atoms with Gasteiger partial charge in [0.25, 0.3) is 0 Å². The van der Waals surface area contributed by atoms with E-state index in [2.05, 4.69) is 26.7 Å². The Bertz CT molecular complexity index is 1250. The van der Waals surface area contributed by atoms with Crippen LogP contribution < -0.4 is 10.6 Å². The minimum atomic E-state index is -1.01. The maximum absolute atomic E-state index is 12.8. The first-order chi connectivity index (χ1) is 15.8. The topological polar surface area (TPSA) is 131 Å². The molecule has 1 fully saturated rings. The molecule has 0 saturated carbocycles. The van der Waals surface area contributed by atoms with Crippen LogP contribution in [0.5, 0.6) is 0 Å². The third kappa shape index (κ3) is 5.12. The van der Waals surface area contributed by atoms with E-state index in [4.69, 9.17) is 11.6 Å². The summed E-state index contributed by atoms with van der Waals surface area (Å²) in [6.07, 6.45) is 0. The van der Waals surface area contributed by atoms with E-state index in [1.807, 2.05) is 19.1 Å². The summed E-state index contributed by atoms with van der Waals surface area (Å²) in [5.41, 5.74) is 3.32. The molecule has 4 rings (SSSR count). The minimum absolute atomic E-state index is 0.0512. The molecular weight excluding hydrogens is 464 g/mol. The van der Waals surface area contributed by atoms with E-state index in [-0.39, 0.29) is 6.54 Å². The van der Waals surface area contributed by atoms with Crippen LogP contribution in [-0.2, 0) is 4.79 Å². The van der Waals surface area contributed by atoms with Crippen LogP contribution in [0, 0.1) is 18.3 Å². The number of aliphatic carboxylic acids is 1. The van der Waals surface area contributed by atoms with Gasteiger partial charge < -0.3 is 15.3 Å². The SMILES string of the molecule is Cc1cc(-c2sc(NC(=O)N3CCN[C@H](C(=O)O)C3)nc2-c2cccc(C#N)c2)cc(Cl)n1. The number of hydrogen-bond acceptors (Lipinski definition) is 7. The predicted molar refractivity (Wildman–Crippen MR) is 125 cm³/mol. The molecule has 0 bridgehead atoms. The number of carboxylic acid groups (broad SMARTS) is 1. The predicted octanol–water partition coefficient (Wildman–Crippen LogP) is 3.60. The Balaban J connectivity index is 1.69. The van der Waals surface area contributed by atoms with Crippen LogP contribution in [0.25, 0.3) is 21.7 Å². The quantitative estimate of drug-likeness (QED) is 0.484. The molecular formula is C22H19ClN6O3S. The van der Waals surface area contributed by atoms with Crippen LogP contribution >= 0.6 is 22.9 Å². The summed E-state index contributed by atoms with van der Waals surface area (Å²) < 4.78 is 0. The zero-order valence-electron chi connectivity index (χ0n) is 17.5. The van der Waals surface area contributed by atoms with Crippen molar-refractivity contribution < 1.29 is 14.7 Å². The first-order valence-corrected chi connectivity index (χ1v) is 11.2. The molecule has 11 heteroatoms. The number of hydrogen-bond donors (Lipinski definition) is 3. The Labute approximate surface area is 198 Å². The molecule has 3 aromatic rings. The van der Waals surface area contributed by atoms with Gasteiger partial charge >= 0.3 is 12.0 Å². The van der Waals surface area contributed by atoms with Crippen molar-refractivity contribution in [2.45, 2.75) is 13.0 Å². The lowest BCUT2D eigenvalue weighted by molar-refractivity contribution is -0.140. The number of thiazole rings is 1. The molecule has 2 amide bonds. The minimum Gasteiger partial charge on any atom is -0.480 e. The highest BCUT2D eigenvalue weighted by molar-refractivity contribution is 7.19. The van der Waals surface area contributed by atoms with Gasteiger partial charge in [-0.1, -0.05) is 35.1 Å². The maximum Gasteiger partial charge on any atom is 0.323 e. The fourth-order valence-corrected chi connectivity index (χ4v) is 4.75. The Morgan fingerprint density at radius 3 is 2.85 bits per heavy atom. The second kappa shape index (κ2) is 9.54. The highest BCUT2D eigenvalue weighted by atomic mass is 35.5. The molecule has 0 radical (unpaired) electrons. The average Bonchev–Trinajstić information content (AvgIpc) is 3.22. The highest BCUT2D eigenvalue weighted by Gasteiger charge is 2.28. The van der Waals surface area contributed by atoms with Gasteiger partial charge in [-0.05, 0) is 36.8 Å². The molecule has 2 aromatic heterocycles. The number of carbonyl (C=O) groups excluding carboxylic acids is 1. The number of benzene rings is 1. The summed E-state index contributed by atoms with van der Waals surface area (Å²) in [5.74, 6) is -1.01. The lowest BCUT2D eigenvalue weighted by Crippen LogP contribution is -2.56. The van der Waals surface area contributed by atoms with Crippen LogP contribution in [0.4, 0.5) is 9.93 Å². The van der Waals surface area contributed by atoms with Crippen LogP contribution in [0.1, 0.15) is 11.3 Å². The number of anilines is 1. The largest absolute Gasteiger partial charge is 0.480 e. The molecule has 33 heavy (non-hydrogen) atoms. The van der Waals surface area contributed by atoms with Crippen molar-refractivity contribution in [3.63, 3.8) is 0 Å². The third-order valence-electron chi connectivity index (χ3n) is 5.05. The van der Waals surface area contributed by atoms with Crippen molar-refractivity contribution in [1.82, 2.24) is 20.2 Å². The number of halogens is 1. The molecule has 9 nitrogen and oxygen atoms in total. The Morgan fingerprint density at radius 2 is 2.12 bits per heavy atom. The van der Waals surface area contributed by atoms with Crippen LogP contribution in [-0.4, -0.2) is 57.7 Å². The summed E-state index contributed by atoms with van der Waals surface area (Å²) in [5, 5.41) is 24.9. The molecule has 168 valence electrons. The summed E-state index contributed by atoms with van der Waals surface area (Å²) >= 11 is 7.44. The van der Waals surface area contributed by atoms with Crippen LogP contribution in [0.3, 0.4) is 0 Å². The van der Waals surface area contributed by atoms with E-state index in [0.717, 1.165) is 21.7 Å². The van der Waals surface area contributed by atoms with Crippen molar-refractivity contribution in [2.75, 3.05) is 25.0 Å². The molecule has 3 N–H and O–H groups in total. The lowest BCUT2D eigenvalue weighted by atomic mass is 10.1. The monoisotopic (exact) mass is 482 g/mol. The fraction of sp³-hybridized carbons (Fsp3) is 0.227. The standard InChI is InChI=1S/C22H19ClN6O3S/c1-12-7-15(9-17(23)26-12)19-18(14-4-2-3-13(8-14)10-24)27-21(33-19)28-22(32)29-6-5-25-16(11-29)20(30)31/h2-4,7-9,16,25H,5-6,11H2,1H3,(H,30,31)(H,27,28,32)/t16-/m0/s1. The van der Waals surface area contributed by atoms with Gasteiger partial charge in [-0.3, -0.25) is 10.1 Å². The molecule has 0 aliphatic carbocycles. The number of amides is 2. The summed E-state index contributed by atoms with van der Waals surface area (Å²) in [4.78, 5) is 35.1. The number of rotatable bonds is 4. The molecule has 1 aromatic carbocycles. The molecule has 3 heterocycles. The van der Waals surface area contributed by atoms with Gasteiger partial charge in [0.05, 0.1) is 22.2 Å². The van der Waals surface area contributed by atoms with Gasteiger partial charge in [-0.25, -0.2) is 14.8 Å². The second-order valence-electron chi connectivity index (χ2n) is 7.43. The van der Waals surface area contributed by atoms with E-state index in [9.17, 15) is 20.0 Å². The Hall–Kier alpha value is -3.52. The van der Waals surface area contributed by atoms with E-state index in [1.54, 1.807) is 24.3 Å². The van der Waals surface area contributed by atoms with Crippen molar-refractivity contribution in [2.24, 2.45) is 0 Å². The maximum atomic E-state index is 12.8. The molecule has 1 aliphatic heterocycles. The van der Waals surface area contributed by atoms with Crippen molar-refractivity contribution in [3.8, 4) is 27.8 Å². The summed E-state index contributed by atoms with van der Waals surface area (Å²) in [7, 11) is 0. The number of nitriles is 1. The lowest BCUT2D eigenvalue weighted by Gasteiger charge is -2.31. The van der Waals surface area contributed by atoms with Gasteiger partial charge in [-0.2, -0.15) is 5.26 Å². The summed E-state index contributed by atoms with van der Waals surface area (Å²) in [6.45, 7) is 2.65. The van der Waals surface area contributed by atoms with Crippen LogP contribution in [0.15, 0.2) is 36.4 Å². The fourth-order valence-electron chi connectivity index (χ4n) is 3.53. The van der Waals surface area contributed by atoms with Crippen molar-refractivity contribution in [3.05, 3.63) is 52.8 Å². The number of piperazine rings is 1.